The standard InChI is InChI=1S/C24H18ClFN4O3/c1-12(2)19-21(13(11-31)7-8-28-19)30-23-15(22(32)16(10-27)24(30)33)9-17(25)20(29-23)14-5-3-4-6-18(14)26/h3-9,12,31-32H,11H2,1-2H3. The van der Waals surface area contributed by atoms with E-state index in [0.29, 0.717) is 11.3 Å². The van der Waals surface area contributed by atoms with Crippen LogP contribution in [-0.2, 0) is 6.61 Å². The SMILES string of the molecule is CC(C)c1nccc(CO)c1-n1c(=O)c(C#N)c(O)c2cc(Cl)c(-c3ccccc3F)nc21. The van der Waals surface area contributed by atoms with Crippen LogP contribution in [-0.4, -0.2) is 24.7 Å². The second-order valence-corrected chi connectivity index (χ2v) is 8.07. The molecule has 0 saturated carbocycles. The van der Waals surface area contributed by atoms with E-state index in [9.17, 15) is 24.7 Å². The van der Waals surface area contributed by atoms with Gasteiger partial charge < -0.3 is 10.2 Å². The van der Waals surface area contributed by atoms with Crippen molar-refractivity contribution < 1.29 is 14.6 Å². The number of rotatable bonds is 4. The molecule has 0 aliphatic carbocycles. The average molecular weight is 465 g/mol. The molecule has 0 aliphatic rings. The predicted octanol–water partition coefficient (Wildman–Crippen LogP) is 4.43. The first kappa shape index (κ1) is 22.4. The van der Waals surface area contributed by atoms with E-state index in [1.807, 2.05) is 13.8 Å². The maximum absolute atomic E-state index is 14.5. The number of fused-ring (bicyclic) bond motifs is 1. The molecule has 3 aromatic heterocycles. The summed E-state index contributed by atoms with van der Waals surface area (Å²) in [5.41, 5.74) is -0.160. The van der Waals surface area contributed by atoms with Crippen LogP contribution in [0.5, 0.6) is 5.75 Å². The molecule has 0 saturated heterocycles. The Kier molecular flexibility index (Phi) is 5.85. The molecule has 0 amide bonds. The first-order chi connectivity index (χ1) is 15.8. The monoisotopic (exact) mass is 464 g/mol. The van der Waals surface area contributed by atoms with E-state index in [0.717, 1.165) is 4.57 Å². The van der Waals surface area contributed by atoms with Gasteiger partial charge in [0, 0.05) is 17.3 Å². The number of hydrogen-bond donors (Lipinski definition) is 2. The van der Waals surface area contributed by atoms with Crippen LogP contribution in [0.3, 0.4) is 0 Å². The van der Waals surface area contributed by atoms with E-state index >= 15 is 0 Å². The Balaban J connectivity index is 2.25. The van der Waals surface area contributed by atoms with Gasteiger partial charge in [-0.15, -0.1) is 0 Å². The third kappa shape index (κ3) is 3.61. The maximum atomic E-state index is 14.5. The van der Waals surface area contributed by atoms with Gasteiger partial charge in [0.1, 0.15) is 17.6 Å². The lowest BCUT2D eigenvalue weighted by Gasteiger charge is -2.20. The minimum Gasteiger partial charge on any atom is -0.506 e. The Hall–Kier alpha value is -3.80. The molecule has 4 rings (SSSR count). The van der Waals surface area contributed by atoms with Gasteiger partial charge in [-0.3, -0.25) is 14.3 Å². The molecule has 9 heteroatoms. The largest absolute Gasteiger partial charge is 0.506 e. The zero-order valence-corrected chi connectivity index (χ0v) is 18.4. The number of aromatic hydroxyl groups is 1. The topological polar surface area (TPSA) is 112 Å². The molecule has 0 spiro atoms. The summed E-state index contributed by atoms with van der Waals surface area (Å²) < 4.78 is 15.7. The van der Waals surface area contributed by atoms with E-state index in [2.05, 4.69) is 9.97 Å². The number of benzene rings is 1. The normalized spacial score (nSPS) is 11.2. The van der Waals surface area contributed by atoms with Crippen molar-refractivity contribution in [2.75, 3.05) is 0 Å². The highest BCUT2D eigenvalue weighted by atomic mass is 35.5. The number of halogens is 2. The summed E-state index contributed by atoms with van der Waals surface area (Å²) in [5.74, 6) is -1.31. The Morgan fingerprint density at radius 2 is 2.00 bits per heavy atom. The van der Waals surface area contributed by atoms with Crippen molar-refractivity contribution in [3.8, 4) is 28.8 Å². The minimum atomic E-state index is -0.846. The van der Waals surface area contributed by atoms with Crippen molar-refractivity contribution in [1.82, 2.24) is 14.5 Å². The Bertz CT molecular complexity index is 1510. The highest BCUT2D eigenvalue weighted by Crippen LogP contribution is 2.36. The van der Waals surface area contributed by atoms with Gasteiger partial charge in [-0.05, 0) is 30.2 Å². The fourth-order valence-corrected chi connectivity index (χ4v) is 3.99. The van der Waals surface area contributed by atoms with Gasteiger partial charge in [0.2, 0.25) is 0 Å². The van der Waals surface area contributed by atoms with Crippen LogP contribution in [0.15, 0.2) is 47.4 Å². The summed E-state index contributed by atoms with van der Waals surface area (Å²) in [7, 11) is 0. The molecular weight excluding hydrogens is 447 g/mol. The van der Waals surface area contributed by atoms with Crippen LogP contribution in [0.2, 0.25) is 5.02 Å². The second kappa shape index (κ2) is 8.62. The van der Waals surface area contributed by atoms with Crippen molar-refractivity contribution >= 4 is 22.6 Å². The molecule has 166 valence electrons. The molecule has 3 heterocycles. The summed E-state index contributed by atoms with van der Waals surface area (Å²) >= 11 is 6.39. The molecule has 0 fully saturated rings. The molecule has 4 aromatic rings. The minimum absolute atomic E-state index is 0.0228. The number of aliphatic hydroxyl groups is 1. The van der Waals surface area contributed by atoms with Gasteiger partial charge >= 0.3 is 0 Å². The average Bonchev–Trinajstić information content (AvgIpc) is 2.80. The van der Waals surface area contributed by atoms with E-state index < -0.39 is 29.3 Å². The maximum Gasteiger partial charge on any atom is 0.278 e. The Morgan fingerprint density at radius 1 is 1.27 bits per heavy atom. The summed E-state index contributed by atoms with van der Waals surface area (Å²) in [5, 5.41) is 30.3. The molecule has 33 heavy (non-hydrogen) atoms. The van der Waals surface area contributed by atoms with E-state index in [1.54, 1.807) is 18.2 Å². The zero-order chi connectivity index (χ0) is 23.9. The number of nitrogens with zero attached hydrogens (tertiary/aromatic N) is 4. The van der Waals surface area contributed by atoms with Crippen LogP contribution in [0.25, 0.3) is 28.0 Å². The fourth-order valence-electron chi connectivity index (χ4n) is 3.74. The van der Waals surface area contributed by atoms with E-state index in [4.69, 9.17) is 11.6 Å². The third-order valence-corrected chi connectivity index (χ3v) is 5.58. The molecule has 7 nitrogen and oxygen atoms in total. The second-order valence-electron chi connectivity index (χ2n) is 7.66. The third-order valence-electron chi connectivity index (χ3n) is 5.29. The van der Waals surface area contributed by atoms with Gasteiger partial charge in [-0.25, -0.2) is 9.37 Å². The van der Waals surface area contributed by atoms with Crippen molar-refractivity contribution in [2.24, 2.45) is 0 Å². The number of hydrogen-bond acceptors (Lipinski definition) is 6. The number of aliphatic hydroxyl groups excluding tert-OH is 1. The first-order valence-corrected chi connectivity index (χ1v) is 10.4. The summed E-state index contributed by atoms with van der Waals surface area (Å²) in [6, 6.07) is 10.5. The summed E-state index contributed by atoms with van der Waals surface area (Å²) in [6.07, 6.45) is 1.51. The van der Waals surface area contributed by atoms with Gasteiger partial charge in [0.05, 0.1) is 34.1 Å². The van der Waals surface area contributed by atoms with Crippen molar-refractivity contribution in [2.45, 2.75) is 26.4 Å². The lowest BCUT2D eigenvalue weighted by Crippen LogP contribution is -2.25. The van der Waals surface area contributed by atoms with Crippen molar-refractivity contribution in [3.63, 3.8) is 0 Å². The van der Waals surface area contributed by atoms with E-state index in [1.165, 1.54) is 30.5 Å². The molecule has 0 bridgehead atoms. The van der Waals surface area contributed by atoms with Crippen LogP contribution in [0.4, 0.5) is 4.39 Å². The van der Waals surface area contributed by atoms with Crippen LogP contribution in [0, 0.1) is 17.1 Å². The smallest absolute Gasteiger partial charge is 0.278 e. The van der Waals surface area contributed by atoms with Crippen LogP contribution >= 0.6 is 11.6 Å². The van der Waals surface area contributed by atoms with E-state index in [-0.39, 0.29) is 38.9 Å². The number of nitriles is 1. The zero-order valence-electron chi connectivity index (χ0n) is 17.7. The fraction of sp³-hybridized carbons (Fsp3) is 0.167. The lowest BCUT2D eigenvalue weighted by atomic mass is 10.0. The van der Waals surface area contributed by atoms with Crippen LogP contribution in [0.1, 0.15) is 36.6 Å². The molecule has 0 radical (unpaired) electrons. The number of aromatic nitrogens is 3. The molecule has 0 unspecified atom stereocenters. The molecular formula is C24H18ClFN4O3. The molecule has 2 N–H and O–H groups in total. The van der Waals surface area contributed by atoms with Crippen LogP contribution < -0.4 is 5.56 Å². The van der Waals surface area contributed by atoms with Gasteiger partial charge in [-0.2, -0.15) is 5.26 Å². The first-order valence-electron chi connectivity index (χ1n) is 10.0. The molecule has 0 aliphatic heterocycles. The highest BCUT2D eigenvalue weighted by Gasteiger charge is 2.25. The van der Waals surface area contributed by atoms with Gasteiger partial charge in [0.25, 0.3) is 5.56 Å². The lowest BCUT2D eigenvalue weighted by molar-refractivity contribution is 0.281. The Morgan fingerprint density at radius 3 is 2.64 bits per heavy atom. The molecule has 0 atom stereocenters. The van der Waals surface area contributed by atoms with Crippen molar-refractivity contribution in [3.05, 3.63) is 80.6 Å². The predicted molar refractivity (Wildman–Crippen MR) is 122 cm³/mol. The van der Waals surface area contributed by atoms with Gasteiger partial charge in [0.15, 0.2) is 11.2 Å². The Labute approximate surface area is 193 Å². The number of pyridine rings is 3. The van der Waals surface area contributed by atoms with Gasteiger partial charge in [-0.1, -0.05) is 37.6 Å². The summed E-state index contributed by atoms with van der Waals surface area (Å²) in [6.45, 7) is 3.31. The van der Waals surface area contributed by atoms with Crippen molar-refractivity contribution in [1.29, 1.82) is 5.26 Å². The molecule has 1 aromatic carbocycles. The quantitative estimate of drug-likeness (QED) is 0.462. The highest BCUT2D eigenvalue weighted by molar-refractivity contribution is 6.33. The summed E-state index contributed by atoms with van der Waals surface area (Å²) in [4.78, 5) is 22.2.